The van der Waals surface area contributed by atoms with Gasteiger partial charge in [0, 0.05) is 71.3 Å². The second kappa shape index (κ2) is 20.3. The number of hydrogen-bond acceptors (Lipinski definition) is 6. The molecule has 3 aromatic heterocycles. The van der Waals surface area contributed by atoms with Crippen molar-refractivity contribution in [2.24, 2.45) is 0 Å². The largest absolute Gasteiger partial charge is 0.417 e. The van der Waals surface area contributed by atoms with Gasteiger partial charge < -0.3 is 24.9 Å². The smallest absolute Gasteiger partial charge is 0.380 e. The molecule has 7 aromatic rings. The van der Waals surface area contributed by atoms with E-state index in [9.17, 15) is 50.1 Å². The van der Waals surface area contributed by atoms with Crippen LogP contribution in [-0.2, 0) is 35.0 Å². The first-order valence-corrected chi connectivity index (χ1v) is 23.2. The number of aromatic nitrogens is 3. The molecule has 2 unspecified atom stereocenters. The third kappa shape index (κ3) is 12.2. The van der Waals surface area contributed by atoms with Gasteiger partial charge in [-0.05, 0) is 120 Å². The Kier molecular flexibility index (Phi) is 15.1. The molecule has 4 heterocycles. The average molecular weight is 991 g/mol. The lowest BCUT2D eigenvalue weighted by Crippen LogP contribution is -2.51. The number of fused-ring (bicyclic) bond motifs is 2. The number of halogens is 8. The highest BCUT2D eigenvalue weighted by Crippen LogP contribution is 2.46. The third-order valence-electron chi connectivity index (χ3n) is 13.4. The van der Waals surface area contributed by atoms with Gasteiger partial charge in [0.1, 0.15) is 11.6 Å². The van der Waals surface area contributed by atoms with E-state index in [1.165, 1.54) is 42.5 Å². The van der Waals surface area contributed by atoms with E-state index in [2.05, 4.69) is 19.9 Å². The van der Waals surface area contributed by atoms with Gasteiger partial charge in [0.2, 0.25) is 0 Å². The number of nitrogens with zero attached hydrogens (tertiary/aromatic N) is 2. The zero-order chi connectivity index (χ0) is 51.7. The van der Waals surface area contributed by atoms with Gasteiger partial charge in [0.25, 0.3) is 0 Å². The zero-order valence-corrected chi connectivity index (χ0v) is 40.4. The van der Waals surface area contributed by atoms with Crippen molar-refractivity contribution in [1.82, 2.24) is 19.9 Å². The van der Waals surface area contributed by atoms with Gasteiger partial charge >= 0.3 is 12.4 Å². The van der Waals surface area contributed by atoms with Crippen molar-refractivity contribution in [3.8, 4) is 0 Å². The van der Waals surface area contributed by atoms with Crippen LogP contribution in [0.3, 0.4) is 0 Å². The van der Waals surface area contributed by atoms with Gasteiger partial charge in [-0.3, -0.25) is 14.7 Å². The molecule has 16 heteroatoms. The van der Waals surface area contributed by atoms with Crippen molar-refractivity contribution < 1.29 is 54.9 Å². The molecule has 0 spiro atoms. The van der Waals surface area contributed by atoms with Crippen LogP contribution in [0.1, 0.15) is 95.8 Å². The number of nitrogens with one attached hydrogen (secondary N) is 2. The van der Waals surface area contributed by atoms with Crippen molar-refractivity contribution in [2.45, 2.75) is 108 Å². The first-order chi connectivity index (χ1) is 33.1. The summed E-state index contributed by atoms with van der Waals surface area (Å²) in [6.45, 7) is 13.3. The minimum Gasteiger partial charge on any atom is -0.380 e. The number of ketones is 1. The van der Waals surface area contributed by atoms with Gasteiger partial charge in [-0.2, -0.15) is 26.3 Å². The maximum atomic E-state index is 14.2. The second-order valence-electron chi connectivity index (χ2n) is 20.2. The Morgan fingerprint density at radius 1 is 0.634 bits per heavy atom. The fraction of sp³-hybridized carbons (Fsp3) is 0.382. The van der Waals surface area contributed by atoms with E-state index < -0.39 is 71.7 Å². The van der Waals surface area contributed by atoms with Crippen molar-refractivity contribution in [3.05, 3.63) is 171 Å². The van der Waals surface area contributed by atoms with Gasteiger partial charge in [-0.1, -0.05) is 70.2 Å². The minimum absolute atomic E-state index is 0.181. The number of aliphatic hydroxyl groups is 2. The molecule has 8 nitrogen and oxygen atoms in total. The molecule has 2 atom stereocenters. The quantitative estimate of drug-likeness (QED) is 0.0637. The third-order valence-corrected chi connectivity index (χ3v) is 13.4. The van der Waals surface area contributed by atoms with E-state index in [1.54, 1.807) is 102 Å². The monoisotopic (exact) mass is 990 g/mol. The standard InChI is InChI=1S/C29H27F4NO2.C26H31F4N3O2/c1-18-9-11-22(30)15-24(18)27(2,3)17-28(36,29(31,32)33)16-23-14-21-13-20(10-12-25(21)34-23)26(35)19-7-5-4-6-8-19;1-17-4-5-19(27)12-22(17)24(2,3)16-25(34,26(28,29)30)13-20-10-18-11-21(31-14-23(18)32-20)15-33-6-8-35-9-7-33/h4-15,34,36H,16-17H2,1-3H3;4-5,10-12,14,32,34H,6-9,13,15-16H2,1-3H3. The van der Waals surface area contributed by atoms with Crippen LogP contribution in [0.25, 0.3) is 21.8 Å². The number of ether oxygens (including phenoxy) is 1. The van der Waals surface area contributed by atoms with Crippen LogP contribution in [0, 0.1) is 25.5 Å². The van der Waals surface area contributed by atoms with E-state index in [0.29, 0.717) is 69.6 Å². The van der Waals surface area contributed by atoms with Gasteiger partial charge in [0.05, 0.1) is 30.6 Å². The number of morpholine rings is 1. The lowest BCUT2D eigenvalue weighted by Gasteiger charge is -2.38. The highest BCUT2D eigenvalue weighted by molar-refractivity contribution is 6.10. The number of hydrogen-bond donors (Lipinski definition) is 4. The number of H-pyrrole nitrogens is 2. The molecular formula is C55H58F8N4O4. The Morgan fingerprint density at radius 3 is 1.63 bits per heavy atom. The zero-order valence-electron chi connectivity index (χ0n) is 40.4. The topological polar surface area (TPSA) is 114 Å². The van der Waals surface area contributed by atoms with E-state index >= 15 is 0 Å². The molecule has 1 aliphatic rings. The summed E-state index contributed by atoms with van der Waals surface area (Å²) in [5, 5.41) is 23.3. The van der Waals surface area contributed by atoms with E-state index in [-0.39, 0.29) is 17.2 Å². The predicted molar refractivity (Wildman–Crippen MR) is 257 cm³/mol. The van der Waals surface area contributed by atoms with E-state index in [1.807, 2.05) is 6.07 Å². The molecule has 4 aromatic carbocycles. The summed E-state index contributed by atoms with van der Waals surface area (Å²) in [5.41, 5.74) is -2.88. The molecule has 0 bridgehead atoms. The minimum atomic E-state index is -4.93. The van der Waals surface area contributed by atoms with Gasteiger partial charge in [-0.25, -0.2) is 8.78 Å². The SMILES string of the molecule is Cc1ccc(F)cc1C(C)(C)CC(O)(Cc1cc2cc(C(=O)c3ccccc3)ccc2[nH]1)C(F)(F)F.Cc1ccc(F)cc1C(C)(C)CC(O)(Cc1cc2cc(CN3CCOCC3)ncc2[nH]1)C(F)(F)F. The van der Waals surface area contributed by atoms with Crippen LogP contribution >= 0.6 is 0 Å². The highest BCUT2D eigenvalue weighted by atomic mass is 19.4. The van der Waals surface area contributed by atoms with Crippen LogP contribution in [0.15, 0.2) is 109 Å². The Morgan fingerprint density at radius 2 is 1.13 bits per heavy atom. The van der Waals surface area contributed by atoms with E-state index in [0.717, 1.165) is 24.2 Å². The average Bonchev–Trinajstić information content (AvgIpc) is 3.89. The first-order valence-electron chi connectivity index (χ1n) is 23.2. The van der Waals surface area contributed by atoms with E-state index in [4.69, 9.17) is 4.74 Å². The molecule has 1 aliphatic heterocycles. The summed E-state index contributed by atoms with van der Waals surface area (Å²) < 4.78 is 119. The molecule has 0 amide bonds. The number of carbonyl (C=O) groups excluding carboxylic acids is 1. The summed E-state index contributed by atoms with van der Waals surface area (Å²) >= 11 is 0. The van der Waals surface area contributed by atoms with Gasteiger partial charge in [-0.15, -0.1) is 0 Å². The van der Waals surface area contributed by atoms with Crippen molar-refractivity contribution in [2.75, 3.05) is 26.3 Å². The van der Waals surface area contributed by atoms with Crippen molar-refractivity contribution in [3.63, 3.8) is 0 Å². The van der Waals surface area contributed by atoms with Crippen LogP contribution in [-0.4, -0.2) is 85.7 Å². The Labute approximate surface area is 407 Å². The number of carbonyl (C=O) groups is 1. The second-order valence-corrected chi connectivity index (χ2v) is 20.2. The number of aromatic amines is 2. The fourth-order valence-corrected chi connectivity index (χ4v) is 9.95. The molecule has 1 saturated heterocycles. The number of pyridine rings is 1. The van der Waals surface area contributed by atoms with Crippen LogP contribution < -0.4 is 0 Å². The predicted octanol–water partition coefficient (Wildman–Crippen LogP) is 12.1. The molecule has 0 saturated carbocycles. The fourth-order valence-electron chi connectivity index (χ4n) is 9.95. The highest BCUT2D eigenvalue weighted by Gasteiger charge is 2.57. The maximum absolute atomic E-state index is 14.2. The number of benzene rings is 4. The lowest BCUT2D eigenvalue weighted by atomic mass is 9.72. The number of aryl methyl sites for hydroxylation is 2. The van der Waals surface area contributed by atoms with Crippen LogP contribution in [0.2, 0.25) is 0 Å². The summed E-state index contributed by atoms with van der Waals surface area (Å²) in [6.07, 6.45) is -10.9. The van der Waals surface area contributed by atoms with Crippen molar-refractivity contribution in [1.29, 1.82) is 0 Å². The molecular weight excluding hydrogens is 933 g/mol. The Hall–Kier alpha value is -5.94. The number of alkyl halides is 6. The molecule has 0 radical (unpaired) electrons. The molecule has 0 aliphatic carbocycles. The summed E-state index contributed by atoms with van der Waals surface area (Å²) in [6, 6.07) is 26.7. The molecule has 71 heavy (non-hydrogen) atoms. The molecule has 4 N–H and O–H groups in total. The molecule has 8 rings (SSSR count). The van der Waals surface area contributed by atoms with Crippen molar-refractivity contribution >= 4 is 27.6 Å². The number of rotatable bonds is 14. The maximum Gasteiger partial charge on any atom is 0.417 e. The first kappa shape index (κ1) is 52.9. The van der Waals surface area contributed by atoms with Gasteiger partial charge in [0.15, 0.2) is 17.0 Å². The Bertz CT molecular complexity index is 2990. The molecule has 1 fully saturated rings. The summed E-state index contributed by atoms with van der Waals surface area (Å²) in [7, 11) is 0. The normalized spacial score (nSPS) is 15.8. The lowest BCUT2D eigenvalue weighted by molar-refractivity contribution is -0.266. The Balaban J connectivity index is 0.000000209. The summed E-state index contributed by atoms with van der Waals surface area (Å²) in [4.78, 5) is 25.4. The summed E-state index contributed by atoms with van der Waals surface area (Å²) in [5.74, 6) is -1.26. The van der Waals surface area contributed by atoms with Crippen LogP contribution in [0.5, 0.6) is 0 Å². The molecule has 378 valence electrons. The van der Waals surface area contributed by atoms with Crippen LogP contribution in [0.4, 0.5) is 35.1 Å².